The number of benzene rings is 2. The Balaban J connectivity index is 1.50. The van der Waals surface area contributed by atoms with Crippen LogP contribution in [-0.2, 0) is 5.75 Å². The van der Waals surface area contributed by atoms with Crippen molar-refractivity contribution in [1.82, 2.24) is 10.2 Å². The Morgan fingerprint density at radius 1 is 1.07 bits per heavy atom. The van der Waals surface area contributed by atoms with Gasteiger partial charge in [-0.3, -0.25) is 4.79 Å². The third-order valence-electron chi connectivity index (χ3n) is 4.12. The monoisotopic (exact) mass is 430 g/mol. The van der Waals surface area contributed by atoms with Gasteiger partial charge in [0.05, 0.1) is 12.9 Å². The quantitative estimate of drug-likeness (QED) is 0.309. The summed E-state index contributed by atoms with van der Waals surface area (Å²) in [6.45, 7) is 4.40. The van der Waals surface area contributed by atoms with E-state index >= 15 is 0 Å². The first kappa shape index (κ1) is 20.9. The van der Waals surface area contributed by atoms with Gasteiger partial charge in [-0.2, -0.15) is 0 Å². The molecule has 3 aromatic rings. The first-order valence-electron chi connectivity index (χ1n) is 8.90. The van der Waals surface area contributed by atoms with Crippen LogP contribution in [0.4, 0.5) is 0 Å². The van der Waals surface area contributed by atoms with Gasteiger partial charge in [0.2, 0.25) is 0 Å². The molecule has 1 heterocycles. The number of carbonyl (C=O) groups is 1. The highest BCUT2D eigenvalue weighted by Gasteiger charge is 2.11. The predicted octanol–water partition coefficient (Wildman–Crippen LogP) is 5.94. The number of thioether (sulfide) groups is 2. The molecule has 0 aliphatic carbocycles. The fraction of sp³-hybridized carbons (Fsp3) is 0.286. The molecule has 4 nitrogen and oxygen atoms in total. The van der Waals surface area contributed by atoms with E-state index < -0.39 is 0 Å². The summed E-state index contributed by atoms with van der Waals surface area (Å²) in [5, 5.41) is 8.43. The van der Waals surface area contributed by atoms with Crippen LogP contribution >= 0.6 is 34.9 Å². The zero-order valence-electron chi connectivity index (χ0n) is 16.0. The van der Waals surface area contributed by atoms with Gasteiger partial charge in [-0.1, -0.05) is 85.1 Å². The first-order valence-corrected chi connectivity index (χ1v) is 11.7. The largest absolute Gasteiger partial charge is 0.497 e. The zero-order valence-corrected chi connectivity index (χ0v) is 18.5. The molecule has 28 heavy (non-hydrogen) atoms. The van der Waals surface area contributed by atoms with Gasteiger partial charge in [0.1, 0.15) is 5.75 Å². The van der Waals surface area contributed by atoms with Crippen molar-refractivity contribution in [1.29, 1.82) is 0 Å². The topological polar surface area (TPSA) is 52.1 Å². The number of hydrogen-bond donors (Lipinski definition) is 0. The molecule has 146 valence electrons. The number of nitrogens with zero attached hydrogens (tertiary/aromatic N) is 2. The molecular weight excluding hydrogens is 408 g/mol. The summed E-state index contributed by atoms with van der Waals surface area (Å²) in [5.74, 6) is 2.48. The van der Waals surface area contributed by atoms with Crippen molar-refractivity contribution in [3.05, 3.63) is 65.2 Å². The molecule has 0 aliphatic heterocycles. The molecule has 0 aliphatic rings. The molecule has 3 rings (SSSR count). The van der Waals surface area contributed by atoms with E-state index in [1.165, 1.54) is 34.2 Å². The maximum atomic E-state index is 12.4. The van der Waals surface area contributed by atoms with Gasteiger partial charge in [0.25, 0.3) is 0 Å². The third-order valence-corrected chi connectivity index (χ3v) is 7.38. The summed E-state index contributed by atoms with van der Waals surface area (Å²) in [5.41, 5.74) is 3.27. The molecule has 7 heteroatoms. The van der Waals surface area contributed by atoms with E-state index in [1.807, 2.05) is 12.1 Å². The zero-order chi connectivity index (χ0) is 19.9. The Hall–Kier alpha value is -1.83. The summed E-state index contributed by atoms with van der Waals surface area (Å²) in [4.78, 5) is 12.4. The molecule has 0 amide bonds. The van der Waals surface area contributed by atoms with E-state index in [4.69, 9.17) is 4.74 Å². The molecule has 0 N–H and O–H groups in total. The summed E-state index contributed by atoms with van der Waals surface area (Å²) in [6, 6.07) is 15.9. The highest BCUT2D eigenvalue weighted by molar-refractivity contribution is 8.03. The minimum Gasteiger partial charge on any atom is -0.497 e. The maximum absolute atomic E-state index is 12.4. The molecule has 0 atom stereocenters. The molecular formula is C21H22N2O2S3. The predicted molar refractivity (Wildman–Crippen MR) is 118 cm³/mol. The Morgan fingerprint density at radius 2 is 1.79 bits per heavy atom. The number of rotatable bonds is 9. The fourth-order valence-corrected chi connectivity index (χ4v) is 5.34. The standard InChI is InChI=1S/C21H22N2O2S3/c1-14(2)16-9-7-15(8-10-16)12-26-20-22-23-21(28-20)27-13-19(24)17-5-4-6-18(11-17)25-3/h4-11,14H,12-13H2,1-3H3. The minimum atomic E-state index is 0.0542. The van der Waals surface area contributed by atoms with Crippen molar-refractivity contribution in [3.63, 3.8) is 0 Å². The number of ether oxygens (including phenoxy) is 1. The van der Waals surface area contributed by atoms with Crippen LogP contribution in [0.1, 0.15) is 41.3 Å². The molecule has 0 saturated carbocycles. The number of ketones is 1. The number of Topliss-reactive ketones (excluding diaryl/α,β-unsaturated/α-hetero) is 1. The van der Waals surface area contributed by atoms with E-state index in [0.717, 1.165) is 14.4 Å². The van der Waals surface area contributed by atoms with E-state index in [1.54, 1.807) is 31.0 Å². The number of methoxy groups -OCH3 is 1. The minimum absolute atomic E-state index is 0.0542. The highest BCUT2D eigenvalue weighted by Crippen LogP contribution is 2.31. The number of carbonyl (C=O) groups excluding carboxylic acids is 1. The molecule has 0 radical (unpaired) electrons. The number of hydrogen-bond acceptors (Lipinski definition) is 7. The Labute approximate surface area is 178 Å². The van der Waals surface area contributed by atoms with Gasteiger partial charge in [-0.05, 0) is 29.2 Å². The van der Waals surface area contributed by atoms with Crippen LogP contribution in [0.2, 0.25) is 0 Å². The van der Waals surface area contributed by atoms with E-state index in [-0.39, 0.29) is 5.78 Å². The second kappa shape index (κ2) is 10.1. The second-order valence-electron chi connectivity index (χ2n) is 6.46. The second-order valence-corrected chi connectivity index (χ2v) is 9.89. The molecule has 0 spiro atoms. The van der Waals surface area contributed by atoms with Crippen molar-refractivity contribution >= 4 is 40.6 Å². The van der Waals surface area contributed by atoms with Crippen LogP contribution in [0.5, 0.6) is 5.75 Å². The number of aromatic nitrogens is 2. The normalized spacial score (nSPS) is 11.0. The molecule has 0 saturated heterocycles. The van der Waals surface area contributed by atoms with Gasteiger partial charge in [0, 0.05) is 11.3 Å². The van der Waals surface area contributed by atoms with Gasteiger partial charge in [0.15, 0.2) is 14.5 Å². The van der Waals surface area contributed by atoms with Gasteiger partial charge < -0.3 is 4.74 Å². The molecule has 2 aromatic carbocycles. The van der Waals surface area contributed by atoms with Crippen LogP contribution < -0.4 is 4.74 Å². The Bertz CT molecular complexity index is 923. The summed E-state index contributed by atoms with van der Waals surface area (Å²) in [7, 11) is 1.59. The van der Waals surface area contributed by atoms with Crippen molar-refractivity contribution in [2.24, 2.45) is 0 Å². The fourth-order valence-electron chi connectivity index (χ4n) is 2.46. The lowest BCUT2D eigenvalue weighted by molar-refractivity contribution is 0.102. The Morgan fingerprint density at radius 3 is 2.46 bits per heavy atom. The van der Waals surface area contributed by atoms with Crippen LogP contribution in [0.15, 0.2) is 57.2 Å². The lowest BCUT2D eigenvalue weighted by Crippen LogP contribution is -2.02. The lowest BCUT2D eigenvalue weighted by Gasteiger charge is -2.06. The van der Waals surface area contributed by atoms with Crippen molar-refractivity contribution < 1.29 is 9.53 Å². The average Bonchev–Trinajstić information content (AvgIpc) is 3.18. The van der Waals surface area contributed by atoms with Crippen LogP contribution in [0.3, 0.4) is 0 Å². The maximum Gasteiger partial charge on any atom is 0.175 e. The van der Waals surface area contributed by atoms with Crippen LogP contribution in [-0.4, -0.2) is 28.8 Å². The SMILES string of the molecule is COc1cccc(C(=O)CSc2nnc(SCc3ccc(C(C)C)cc3)s2)c1. The van der Waals surface area contributed by atoms with Gasteiger partial charge in [-0.25, -0.2) is 0 Å². The highest BCUT2D eigenvalue weighted by atomic mass is 32.2. The van der Waals surface area contributed by atoms with Crippen molar-refractivity contribution in [2.75, 3.05) is 12.9 Å². The Kier molecular flexibility index (Phi) is 7.53. The van der Waals surface area contributed by atoms with E-state index in [9.17, 15) is 4.79 Å². The van der Waals surface area contributed by atoms with E-state index in [2.05, 4.69) is 48.3 Å². The molecule has 0 unspecified atom stereocenters. The summed E-state index contributed by atoms with van der Waals surface area (Å²) >= 11 is 4.63. The summed E-state index contributed by atoms with van der Waals surface area (Å²) < 4.78 is 6.90. The third kappa shape index (κ3) is 5.83. The molecule has 0 fully saturated rings. The average molecular weight is 431 g/mol. The van der Waals surface area contributed by atoms with Gasteiger partial charge in [-0.15, -0.1) is 10.2 Å². The van der Waals surface area contributed by atoms with Crippen LogP contribution in [0, 0.1) is 0 Å². The molecule has 0 bridgehead atoms. The van der Waals surface area contributed by atoms with Crippen molar-refractivity contribution in [3.8, 4) is 5.75 Å². The summed E-state index contributed by atoms with van der Waals surface area (Å²) in [6.07, 6.45) is 0. The van der Waals surface area contributed by atoms with Crippen molar-refractivity contribution in [2.45, 2.75) is 34.2 Å². The first-order chi connectivity index (χ1) is 13.5. The van der Waals surface area contributed by atoms with E-state index in [0.29, 0.717) is 23.0 Å². The lowest BCUT2D eigenvalue weighted by atomic mass is 10.0. The smallest absolute Gasteiger partial charge is 0.175 e. The molecule has 1 aromatic heterocycles. The van der Waals surface area contributed by atoms with Gasteiger partial charge >= 0.3 is 0 Å². The van der Waals surface area contributed by atoms with Crippen LogP contribution in [0.25, 0.3) is 0 Å².